The van der Waals surface area contributed by atoms with Crippen LogP contribution >= 0.6 is 11.3 Å². The standard InChI is InChI=1S/C23H17N3O2S/c1-14-12-15(2)26(24-14)23(28)19-13-18(16-6-4-3-5-7-16)22(27)25-10-8-17-9-11-29-21(17)20(19)25/h3-13H,1-2H3. The van der Waals surface area contributed by atoms with Crippen molar-refractivity contribution in [2.24, 2.45) is 0 Å². The van der Waals surface area contributed by atoms with Crippen molar-refractivity contribution in [2.75, 3.05) is 0 Å². The summed E-state index contributed by atoms with van der Waals surface area (Å²) in [6.07, 6.45) is 1.75. The highest BCUT2D eigenvalue weighted by Gasteiger charge is 2.21. The number of hydrogen-bond acceptors (Lipinski definition) is 4. The third kappa shape index (κ3) is 2.72. The molecule has 4 heterocycles. The SMILES string of the molecule is Cc1cc(C)n(C(=O)c2cc(-c3ccccc3)c(=O)n3ccc4ccsc4c23)n1. The van der Waals surface area contributed by atoms with E-state index < -0.39 is 0 Å². The predicted molar refractivity (Wildman–Crippen MR) is 116 cm³/mol. The van der Waals surface area contributed by atoms with Crippen LogP contribution in [0.2, 0.25) is 0 Å². The van der Waals surface area contributed by atoms with E-state index in [-0.39, 0.29) is 11.5 Å². The molecule has 5 rings (SSSR count). The first-order valence-electron chi connectivity index (χ1n) is 9.23. The summed E-state index contributed by atoms with van der Waals surface area (Å²) in [4.78, 5) is 26.9. The van der Waals surface area contributed by atoms with E-state index in [4.69, 9.17) is 0 Å². The molecular formula is C23H17N3O2S. The number of thiophene rings is 1. The molecule has 0 N–H and O–H groups in total. The largest absolute Gasteiger partial charge is 0.281 e. The van der Waals surface area contributed by atoms with E-state index in [1.165, 1.54) is 16.0 Å². The average molecular weight is 399 g/mol. The summed E-state index contributed by atoms with van der Waals surface area (Å²) >= 11 is 1.52. The topological polar surface area (TPSA) is 56.4 Å². The van der Waals surface area contributed by atoms with Crippen LogP contribution in [0.4, 0.5) is 0 Å². The molecule has 0 fully saturated rings. The van der Waals surface area contributed by atoms with E-state index >= 15 is 0 Å². The van der Waals surface area contributed by atoms with Crippen molar-refractivity contribution >= 4 is 32.8 Å². The maximum absolute atomic E-state index is 13.5. The number of carbonyl (C=O) groups is 1. The molecule has 0 saturated carbocycles. The second-order valence-corrected chi connectivity index (χ2v) is 7.94. The van der Waals surface area contributed by atoms with Crippen molar-refractivity contribution in [1.82, 2.24) is 14.2 Å². The van der Waals surface area contributed by atoms with Crippen molar-refractivity contribution in [3.63, 3.8) is 0 Å². The molecular weight excluding hydrogens is 382 g/mol. The van der Waals surface area contributed by atoms with Crippen molar-refractivity contribution in [3.05, 3.63) is 93.5 Å². The lowest BCUT2D eigenvalue weighted by Gasteiger charge is -2.12. The van der Waals surface area contributed by atoms with Gasteiger partial charge in [-0.2, -0.15) is 5.10 Å². The Morgan fingerprint density at radius 1 is 1.03 bits per heavy atom. The minimum atomic E-state index is -0.244. The number of rotatable bonds is 2. The molecule has 5 aromatic rings. The van der Waals surface area contributed by atoms with Gasteiger partial charge >= 0.3 is 0 Å². The zero-order valence-corrected chi connectivity index (χ0v) is 16.7. The van der Waals surface area contributed by atoms with Gasteiger partial charge < -0.3 is 0 Å². The highest BCUT2D eigenvalue weighted by molar-refractivity contribution is 7.18. The van der Waals surface area contributed by atoms with Gasteiger partial charge in [0, 0.05) is 17.5 Å². The van der Waals surface area contributed by atoms with Crippen molar-refractivity contribution in [2.45, 2.75) is 13.8 Å². The molecule has 0 atom stereocenters. The first kappa shape index (κ1) is 17.6. The normalized spacial score (nSPS) is 11.4. The van der Waals surface area contributed by atoms with Crippen LogP contribution in [0.15, 0.2) is 71.0 Å². The van der Waals surface area contributed by atoms with E-state index in [9.17, 15) is 9.59 Å². The highest BCUT2D eigenvalue weighted by Crippen LogP contribution is 2.30. The number of aromatic nitrogens is 3. The number of carbonyl (C=O) groups excluding carboxylic acids is 1. The van der Waals surface area contributed by atoms with E-state index in [0.29, 0.717) is 16.6 Å². The number of aryl methyl sites for hydroxylation is 2. The Labute approximate surface area is 170 Å². The summed E-state index contributed by atoms with van der Waals surface area (Å²) in [5.41, 5.74) is 3.74. The Bertz CT molecular complexity index is 1460. The van der Waals surface area contributed by atoms with Crippen molar-refractivity contribution in [1.29, 1.82) is 0 Å². The minimum absolute atomic E-state index is 0.147. The lowest BCUT2D eigenvalue weighted by Crippen LogP contribution is -2.22. The van der Waals surface area contributed by atoms with Gasteiger partial charge in [0.05, 0.1) is 21.5 Å². The maximum Gasteiger partial charge on any atom is 0.280 e. The van der Waals surface area contributed by atoms with Gasteiger partial charge in [-0.15, -0.1) is 11.3 Å². The molecule has 0 unspecified atom stereocenters. The fraction of sp³-hybridized carbons (Fsp3) is 0.0870. The summed E-state index contributed by atoms with van der Waals surface area (Å²) in [7, 11) is 0. The lowest BCUT2D eigenvalue weighted by molar-refractivity contribution is 0.0943. The van der Waals surface area contributed by atoms with Gasteiger partial charge in [-0.3, -0.25) is 14.0 Å². The molecule has 142 valence electrons. The third-order valence-electron chi connectivity index (χ3n) is 5.06. The molecule has 0 spiro atoms. The molecule has 0 bridgehead atoms. The van der Waals surface area contributed by atoms with E-state index in [1.54, 1.807) is 16.7 Å². The first-order chi connectivity index (χ1) is 14.0. The summed E-state index contributed by atoms with van der Waals surface area (Å²) in [6, 6.07) is 16.9. The van der Waals surface area contributed by atoms with Crippen LogP contribution in [-0.4, -0.2) is 20.1 Å². The second-order valence-electron chi connectivity index (χ2n) is 7.03. The van der Waals surface area contributed by atoms with Gasteiger partial charge in [0.15, 0.2) is 0 Å². The highest BCUT2D eigenvalue weighted by atomic mass is 32.1. The second kappa shape index (κ2) is 6.53. The molecule has 6 heteroatoms. The van der Waals surface area contributed by atoms with Crippen LogP contribution in [0.3, 0.4) is 0 Å². The Kier molecular flexibility index (Phi) is 3.96. The van der Waals surface area contributed by atoms with Crippen molar-refractivity contribution < 1.29 is 4.79 Å². The lowest BCUT2D eigenvalue weighted by atomic mass is 10.0. The maximum atomic E-state index is 13.5. The summed E-state index contributed by atoms with van der Waals surface area (Å²) < 4.78 is 3.91. The molecule has 0 radical (unpaired) electrons. The van der Waals surface area contributed by atoms with Crippen LogP contribution in [0.25, 0.3) is 26.7 Å². The minimum Gasteiger partial charge on any atom is -0.281 e. The number of nitrogens with zero attached hydrogens (tertiary/aromatic N) is 3. The fourth-order valence-corrected chi connectivity index (χ4v) is 4.69. The summed E-state index contributed by atoms with van der Waals surface area (Å²) in [6.45, 7) is 3.71. The number of fused-ring (bicyclic) bond motifs is 3. The average Bonchev–Trinajstić information content (AvgIpc) is 3.34. The number of hydrogen-bond donors (Lipinski definition) is 0. The monoisotopic (exact) mass is 399 g/mol. The fourth-order valence-electron chi connectivity index (χ4n) is 3.74. The van der Waals surface area contributed by atoms with E-state index in [1.807, 2.05) is 67.8 Å². The van der Waals surface area contributed by atoms with Crippen molar-refractivity contribution in [3.8, 4) is 11.1 Å². The van der Waals surface area contributed by atoms with Gasteiger partial charge in [0.25, 0.3) is 11.5 Å². The number of pyridine rings is 2. The summed E-state index contributed by atoms with van der Waals surface area (Å²) in [5, 5.41) is 7.34. The van der Waals surface area contributed by atoms with Crippen LogP contribution in [-0.2, 0) is 0 Å². The Hall–Kier alpha value is -3.51. The first-order valence-corrected chi connectivity index (χ1v) is 10.1. The molecule has 4 aromatic heterocycles. The molecule has 0 saturated heterocycles. The molecule has 0 aliphatic carbocycles. The number of benzene rings is 1. The summed E-state index contributed by atoms with van der Waals surface area (Å²) in [5.74, 6) is -0.244. The zero-order valence-electron chi connectivity index (χ0n) is 15.9. The predicted octanol–water partition coefficient (Wildman–Crippen LogP) is 4.68. The third-order valence-corrected chi connectivity index (χ3v) is 6.00. The van der Waals surface area contributed by atoms with Crippen LogP contribution in [0.5, 0.6) is 0 Å². The van der Waals surface area contributed by atoms with Gasteiger partial charge in [0.2, 0.25) is 0 Å². The van der Waals surface area contributed by atoms with Gasteiger partial charge in [-0.1, -0.05) is 30.3 Å². The van der Waals surface area contributed by atoms with Crippen LogP contribution in [0.1, 0.15) is 21.7 Å². The Morgan fingerprint density at radius 3 is 2.55 bits per heavy atom. The van der Waals surface area contributed by atoms with Crippen LogP contribution < -0.4 is 5.56 Å². The van der Waals surface area contributed by atoms with E-state index in [2.05, 4.69) is 5.10 Å². The van der Waals surface area contributed by atoms with Gasteiger partial charge in [0.1, 0.15) is 0 Å². The molecule has 29 heavy (non-hydrogen) atoms. The quantitative estimate of drug-likeness (QED) is 0.433. The molecule has 0 aliphatic rings. The Morgan fingerprint density at radius 2 is 1.83 bits per heavy atom. The van der Waals surface area contributed by atoms with Crippen LogP contribution in [0, 0.1) is 13.8 Å². The van der Waals surface area contributed by atoms with E-state index in [0.717, 1.165) is 27.0 Å². The Balaban J connectivity index is 1.91. The molecule has 5 nitrogen and oxygen atoms in total. The van der Waals surface area contributed by atoms with Gasteiger partial charge in [-0.25, -0.2) is 4.68 Å². The zero-order chi connectivity index (χ0) is 20.1. The molecule has 0 amide bonds. The van der Waals surface area contributed by atoms with Gasteiger partial charge in [-0.05, 0) is 54.4 Å². The molecule has 0 aliphatic heterocycles. The molecule has 1 aromatic carbocycles. The smallest absolute Gasteiger partial charge is 0.280 e.